The molecular formula is C11H11ClN2O2S2. The van der Waals surface area contributed by atoms with Gasteiger partial charge in [0, 0.05) is 18.4 Å². The van der Waals surface area contributed by atoms with Crippen LogP contribution in [0.25, 0.3) is 0 Å². The maximum atomic E-state index is 12.1. The van der Waals surface area contributed by atoms with Crippen LogP contribution in [0.4, 0.5) is 0 Å². The lowest BCUT2D eigenvalue weighted by molar-refractivity contribution is 0.567. The molecule has 2 aromatic heterocycles. The third-order valence-corrected chi connectivity index (χ3v) is 5.11. The highest BCUT2D eigenvalue weighted by Crippen LogP contribution is 2.22. The second-order valence-electron chi connectivity index (χ2n) is 3.71. The Hall–Kier alpha value is -0.950. The van der Waals surface area contributed by atoms with Gasteiger partial charge in [0.25, 0.3) is 0 Å². The van der Waals surface area contributed by atoms with Crippen molar-refractivity contribution in [2.75, 3.05) is 0 Å². The molecule has 0 bridgehead atoms. The van der Waals surface area contributed by atoms with E-state index < -0.39 is 10.0 Å². The molecule has 0 spiro atoms. The minimum atomic E-state index is -3.66. The van der Waals surface area contributed by atoms with Crippen LogP contribution in [-0.2, 0) is 10.0 Å². The average Bonchev–Trinajstić information content (AvgIpc) is 2.82. The standard InChI is InChI=1S/C11H11ClN2O2S2/c1-8(9-3-5-17-7-9)14-18(15,16)11-6-13-4-2-10(11)12/h2-8,14H,1H3. The molecule has 0 radical (unpaired) electrons. The Kier molecular flexibility index (Phi) is 4.01. The summed E-state index contributed by atoms with van der Waals surface area (Å²) in [6, 6.07) is 3.02. The first-order valence-corrected chi connectivity index (χ1v) is 7.95. The van der Waals surface area contributed by atoms with Gasteiger partial charge in [-0.1, -0.05) is 11.6 Å². The summed E-state index contributed by atoms with van der Waals surface area (Å²) in [5, 5.41) is 3.96. The van der Waals surface area contributed by atoms with Gasteiger partial charge in [-0.15, -0.1) is 0 Å². The van der Waals surface area contributed by atoms with Gasteiger partial charge >= 0.3 is 0 Å². The van der Waals surface area contributed by atoms with E-state index in [4.69, 9.17) is 11.6 Å². The summed E-state index contributed by atoms with van der Waals surface area (Å²) in [6.45, 7) is 1.78. The smallest absolute Gasteiger partial charge is 0.244 e. The number of hydrogen-bond acceptors (Lipinski definition) is 4. The molecule has 1 atom stereocenters. The predicted octanol–water partition coefficient (Wildman–Crippen LogP) is 2.84. The molecule has 96 valence electrons. The third kappa shape index (κ3) is 2.89. The molecule has 0 saturated heterocycles. The first-order chi connectivity index (χ1) is 8.50. The van der Waals surface area contributed by atoms with Crippen LogP contribution in [0.1, 0.15) is 18.5 Å². The summed E-state index contributed by atoms with van der Waals surface area (Å²) in [5.74, 6) is 0. The van der Waals surface area contributed by atoms with Gasteiger partial charge in [-0.2, -0.15) is 11.3 Å². The van der Waals surface area contributed by atoms with E-state index in [9.17, 15) is 8.42 Å². The first kappa shape index (κ1) is 13.5. The van der Waals surface area contributed by atoms with Crippen LogP contribution in [0.3, 0.4) is 0 Å². The molecule has 7 heteroatoms. The largest absolute Gasteiger partial charge is 0.263 e. The van der Waals surface area contributed by atoms with Crippen LogP contribution in [0.5, 0.6) is 0 Å². The monoisotopic (exact) mass is 302 g/mol. The van der Waals surface area contributed by atoms with Crippen molar-refractivity contribution in [3.63, 3.8) is 0 Å². The highest BCUT2D eigenvalue weighted by Gasteiger charge is 2.21. The zero-order valence-corrected chi connectivity index (χ0v) is 11.9. The van der Waals surface area contributed by atoms with E-state index in [-0.39, 0.29) is 16.0 Å². The number of nitrogens with one attached hydrogen (secondary N) is 1. The Morgan fingerprint density at radius 3 is 2.83 bits per heavy atom. The topological polar surface area (TPSA) is 59.1 Å². The zero-order chi connectivity index (χ0) is 13.2. The summed E-state index contributed by atoms with van der Waals surface area (Å²) in [4.78, 5) is 3.77. The maximum Gasteiger partial charge on any atom is 0.244 e. The highest BCUT2D eigenvalue weighted by molar-refractivity contribution is 7.89. The van der Waals surface area contributed by atoms with E-state index in [1.165, 1.54) is 29.8 Å². The summed E-state index contributed by atoms with van der Waals surface area (Å²) in [6.07, 6.45) is 2.69. The van der Waals surface area contributed by atoms with E-state index in [1.54, 1.807) is 6.92 Å². The molecule has 0 saturated carbocycles. The molecule has 2 rings (SSSR count). The molecule has 0 aliphatic heterocycles. The minimum absolute atomic E-state index is 0.00579. The predicted molar refractivity (Wildman–Crippen MR) is 72.3 cm³/mol. The quantitative estimate of drug-likeness (QED) is 0.945. The molecule has 0 aliphatic carbocycles. The third-order valence-electron chi connectivity index (χ3n) is 2.40. The van der Waals surface area contributed by atoms with E-state index >= 15 is 0 Å². The number of halogens is 1. The second kappa shape index (κ2) is 5.36. The van der Waals surface area contributed by atoms with Gasteiger partial charge in [-0.05, 0) is 35.4 Å². The molecule has 0 fully saturated rings. The lowest BCUT2D eigenvalue weighted by Crippen LogP contribution is -2.27. The number of nitrogens with zero attached hydrogens (tertiary/aromatic N) is 1. The molecule has 0 aromatic carbocycles. The average molecular weight is 303 g/mol. The lowest BCUT2D eigenvalue weighted by Gasteiger charge is -2.13. The Balaban J connectivity index is 2.26. The number of pyridine rings is 1. The van der Waals surface area contributed by atoms with Gasteiger partial charge in [0.15, 0.2) is 0 Å². The Labute approximate surface area is 115 Å². The molecule has 2 aromatic rings. The molecule has 1 N–H and O–H groups in total. The van der Waals surface area contributed by atoms with Gasteiger partial charge in [0.1, 0.15) is 4.90 Å². The molecule has 1 unspecified atom stereocenters. The fourth-order valence-electron chi connectivity index (χ4n) is 1.45. The Morgan fingerprint density at radius 1 is 1.44 bits per heavy atom. The fraction of sp³-hybridized carbons (Fsp3) is 0.182. The van der Waals surface area contributed by atoms with Crippen molar-refractivity contribution in [1.29, 1.82) is 0 Å². The Morgan fingerprint density at radius 2 is 2.22 bits per heavy atom. The van der Waals surface area contributed by atoms with Crippen molar-refractivity contribution >= 4 is 33.0 Å². The summed E-state index contributed by atoms with van der Waals surface area (Å²) >= 11 is 7.38. The van der Waals surface area contributed by atoms with E-state index in [0.717, 1.165) is 5.56 Å². The molecule has 2 heterocycles. The number of rotatable bonds is 4. The van der Waals surface area contributed by atoms with Crippen LogP contribution in [0.2, 0.25) is 5.02 Å². The normalized spacial score (nSPS) is 13.4. The van der Waals surface area contributed by atoms with Gasteiger partial charge in [-0.25, -0.2) is 13.1 Å². The highest BCUT2D eigenvalue weighted by atomic mass is 35.5. The van der Waals surface area contributed by atoms with Crippen molar-refractivity contribution in [1.82, 2.24) is 9.71 Å². The van der Waals surface area contributed by atoms with Gasteiger partial charge in [0.2, 0.25) is 10.0 Å². The lowest BCUT2D eigenvalue weighted by atomic mass is 10.2. The van der Waals surface area contributed by atoms with Gasteiger partial charge < -0.3 is 0 Å². The second-order valence-corrected chi connectivity index (χ2v) is 6.58. The summed E-state index contributed by atoms with van der Waals surface area (Å²) in [5.41, 5.74) is 0.920. The summed E-state index contributed by atoms with van der Waals surface area (Å²) < 4.78 is 26.8. The van der Waals surface area contributed by atoms with Crippen LogP contribution >= 0.6 is 22.9 Å². The van der Waals surface area contributed by atoms with Gasteiger partial charge in [0.05, 0.1) is 5.02 Å². The molecule has 18 heavy (non-hydrogen) atoms. The number of sulfonamides is 1. The van der Waals surface area contributed by atoms with E-state index in [2.05, 4.69) is 9.71 Å². The van der Waals surface area contributed by atoms with Crippen LogP contribution in [0, 0.1) is 0 Å². The van der Waals surface area contributed by atoms with Crippen molar-refractivity contribution in [2.24, 2.45) is 0 Å². The number of aromatic nitrogens is 1. The minimum Gasteiger partial charge on any atom is -0.263 e. The first-order valence-electron chi connectivity index (χ1n) is 5.14. The number of hydrogen-bond donors (Lipinski definition) is 1. The van der Waals surface area contributed by atoms with Gasteiger partial charge in [-0.3, -0.25) is 4.98 Å². The van der Waals surface area contributed by atoms with Crippen LogP contribution in [-0.4, -0.2) is 13.4 Å². The maximum absolute atomic E-state index is 12.1. The number of thiophene rings is 1. The van der Waals surface area contributed by atoms with Crippen molar-refractivity contribution in [3.05, 3.63) is 45.9 Å². The van der Waals surface area contributed by atoms with Crippen LogP contribution < -0.4 is 4.72 Å². The van der Waals surface area contributed by atoms with Crippen molar-refractivity contribution < 1.29 is 8.42 Å². The SMILES string of the molecule is CC(NS(=O)(=O)c1cnccc1Cl)c1ccsc1. The molecular weight excluding hydrogens is 292 g/mol. The van der Waals surface area contributed by atoms with Crippen LogP contribution in [0.15, 0.2) is 40.2 Å². The molecule has 4 nitrogen and oxygen atoms in total. The van der Waals surface area contributed by atoms with Crippen molar-refractivity contribution in [2.45, 2.75) is 17.9 Å². The zero-order valence-electron chi connectivity index (χ0n) is 9.50. The van der Waals surface area contributed by atoms with Crippen molar-refractivity contribution in [3.8, 4) is 0 Å². The molecule has 0 amide bonds. The summed E-state index contributed by atoms with van der Waals surface area (Å²) in [7, 11) is -3.66. The molecule has 0 aliphatic rings. The van der Waals surface area contributed by atoms with E-state index in [1.807, 2.05) is 16.8 Å². The fourth-order valence-corrected chi connectivity index (χ4v) is 3.86. The Bertz CT molecular complexity index is 626. The van der Waals surface area contributed by atoms with E-state index in [0.29, 0.717) is 0 Å².